The normalized spacial score (nSPS) is 10.3. The Morgan fingerprint density at radius 1 is 1.05 bits per heavy atom. The number of benzene rings is 2. The van der Waals surface area contributed by atoms with Gasteiger partial charge in [-0.3, -0.25) is 0 Å². The minimum absolute atomic E-state index is 0.0164. The highest BCUT2D eigenvalue weighted by atomic mass is 32.1. The predicted molar refractivity (Wildman–Crippen MR) is 73.0 cm³/mol. The van der Waals surface area contributed by atoms with Gasteiger partial charge in [0.05, 0.1) is 0 Å². The molecule has 0 saturated heterocycles. The van der Waals surface area contributed by atoms with E-state index in [9.17, 15) is 13.2 Å². The molecule has 0 spiro atoms. The quantitative estimate of drug-likeness (QED) is 0.879. The van der Waals surface area contributed by atoms with E-state index in [0.29, 0.717) is 17.2 Å². The molecule has 2 aromatic carbocycles. The van der Waals surface area contributed by atoms with E-state index in [2.05, 4.69) is 0 Å². The van der Waals surface area contributed by atoms with Crippen molar-refractivity contribution in [1.82, 2.24) is 0 Å². The molecule has 0 bridgehead atoms. The Kier molecular flexibility index (Phi) is 4.24. The largest absolute Gasteiger partial charge is 0.486 e. The van der Waals surface area contributed by atoms with E-state index in [1.165, 1.54) is 24.3 Å². The average molecular weight is 297 g/mol. The maximum Gasteiger partial charge on any atom is 0.167 e. The number of hydrogen-bond donors (Lipinski definition) is 1. The maximum atomic E-state index is 13.4. The number of thiocarbonyl (C=S) groups is 1. The summed E-state index contributed by atoms with van der Waals surface area (Å²) >= 11 is 4.81. The number of ether oxygens (including phenoxy) is 1. The molecule has 6 heteroatoms. The molecule has 0 aromatic heterocycles. The van der Waals surface area contributed by atoms with Crippen LogP contribution in [-0.2, 0) is 6.61 Å². The number of halogens is 3. The molecule has 2 nitrogen and oxygen atoms in total. The highest BCUT2D eigenvalue weighted by Gasteiger charge is 2.10. The molecule has 0 fully saturated rings. The van der Waals surface area contributed by atoms with Crippen molar-refractivity contribution in [2.24, 2.45) is 5.73 Å². The average Bonchev–Trinajstić information content (AvgIpc) is 2.38. The molecule has 0 aliphatic rings. The summed E-state index contributed by atoms with van der Waals surface area (Å²) in [6.45, 7) is -0.0600. The number of rotatable bonds is 4. The summed E-state index contributed by atoms with van der Waals surface area (Å²) in [4.78, 5) is 0.0164. The third-order valence-electron chi connectivity index (χ3n) is 2.61. The second-order valence-electron chi connectivity index (χ2n) is 4.03. The summed E-state index contributed by atoms with van der Waals surface area (Å²) in [5.74, 6) is -2.10. The summed E-state index contributed by atoms with van der Waals surface area (Å²) < 4.78 is 44.5. The van der Waals surface area contributed by atoms with Crippen LogP contribution < -0.4 is 10.5 Å². The van der Waals surface area contributed by atoms with E-state index in [0.717, 1.165) is 6.07 Å². The summed E-state index contributed by atoms with van der Waals surface area (Å²) in [5, 5.41) is 0. The van der Waals surface area contributed by atoms with E-state index < -0.39 is 17.5 Å². The van der Waals surface area contributed by atoms with Crippen molar-refractivity contribution in [2.45, 2.75) is 6.61 Å². The van der Waals surface area contributed by atoms with Gasteiger partial charge in [0.2, 0.25) is 0 Å². The van der Waals surface area contributed by atoms with Crippen molar-refractivity contribution >= 4 is 17.2 Å². The van der Waals surface area contributed by atoms with Crippen LogP contribution in [0.3, 0.4) is 0 Å². The minimum Gasteiger partial charge on any atom is -0.486 e. The summed E-state index contributed by atoms with van der Waals surface area (Å²) in [7, 11) is 0. The molecular formula is C14H10F3NOS. The zero-order valence-corrected chi connectivity index (χ0v) is 11.0. The molecule has 0 aliphatic heterocycles. The summed E-state index contributed by atoms with van der Waals surface area (Å²) in [5.41, 5.74) is 6.33. The van der Waals surface area contributed by atoms with Crippen molar-refractivity contribution < 1.29 is 17.9 Å². The Hall–Kier alpha value is -2.08. The lowest BCUT2D eigenvalue weighted by Crippen LogP contribution is -2.14. The Balaban J connectivity index is 2.20. The fourth-order valence-electron chi connectivity index (χ4n) is 1.65. The van der Waals surface area contributed by atoms with E-state index in [1.54, 1.807) is 0 Å². The van der Waals surface area contributed by atoms with Crippen molar-refractivity contribution in [2.75, 3.05) is 0 Å². The van der Waals surface area contributed by atoms with Gasteiger partial charge in [-0.2, -0.15) is 0 Å². The van der Waals surface area contributed by atoms with Crippen LogP contribution in [0.25, 0.3) is 0 Å². The standard InChI is InChI=1S/C14H10F3NOS/c15-9-2-1-8(11(5-9)14(18)20)7-19-13-4-3-10(16)6-12(13)17/h1-6H,7H2,(H2,18,20). The molecule has 2 N–H and O–H groups in total. The molecule has 0 radical (unpaired) electrons. The van der Waals surface area contributed by atoms with Crippen LogP contribution in [0.2, 0.25) is 0 Å². The second kappa shape index (κ2) is 5.92. The van der Waals surface area contributed by atoms with E-state index >= 15 is 0 Å². The Labute approximate surface area is 119 Å². The van der Waals surface area contributed by atoms with Crippen LogP contribution in [-0.4, -0.2) is 4.99 Å². The molecule has 0 saturated carbocycles. The van der Waals surface area contributed by atoms with Crippen LogP contribution in [0, 0.1) is 17.5 Å². The predicted octanol–water partition coefficient (Wildman–Crippen LogP) is 3.32. The van der Waals surface area contributed by atoms with Gasteiger partial charge >= 0.3 is 0 Å². The summed E-state index contributed by atoms with van der Waals surface area (Å²) in [6.07, 6.45) is 0. The van der Waals surface area contributed by atoms with Crippen LogP contribution in [0.5, 0.6) is 5.75 Å². The van der Waals surface area contributed by atoms with Crippen molar-refractivity contribution in [3.63, 3.8) is 0 Å². The minimum atomic E-state index is -0.816. The maximum absolute atomic E-state index is 13.4. The van der Waals surface area contributed by atoms with Gasteiger partial charge in [-0.25, -0.2) is 13.2 Å². The highest BCUT2D eigenvalue weighted by Crippen LogP contribution is 2.20. The van der Waals surface area contributed by atoms with E-state index in [-0.39, 0.29) is 17.3 Å². The zero-order valence-electron chi connectivity index (χ0n) is 10.2. The van der Waals surface area contributed by atoms with Gasteiger partial charge in [-0.05, 0) is 29.8 Å². The SMILES string of the molecule is NC(=S)c1cc(F)ccc1COc1ccc(F)cc1F. The van der Waals surface area contributed by atoms with Gasteiger partial charge in [0, 0.05) is 11.6 Å². The lowest BCUT2D eigenvalue weighted by molar-refractivity contribution is 0.289. The van der Waals surface area contributed by atoms with Crippen LogP contribution in [0.4, 0.5) is 13.2 Å². The smallest absolute Gasteiger partial charge is 0.167 e. The first-order valence-electron chi connectivity index (χ1n) is 5.63. The van der Waals surface area contributed by atoms with Gasteiger partial charge in [-0.1, -0.05) is 18.3 Å². The third-order valence-corrected chi connectivity index (χ3v) is 2.83. The molecule has 0 amide bonds. The summed E-state index contributed by atoms with van der Waals surface area (Å²) in [6, 6.07) is 6.83. The van der Waals surface area contributed by atoms with Gasteiger partial charge < -0.3 is 10.5 Å². The van der Waals surface area contributed by atoms with Crippen molar-refractivity contribution in [3.8, 4) is 5.75 Å². The molecule has 0 aliphatic carbocycles. The molecule has 0 heterocycles. The second-order valence-corrected chi connectivity index (χ2v) is 4.47. The van der Waals surface area contributed by atoms with Crippen molar-refractivity contribution in [1.29, 1.82) is 0 Å². The van der Waals surface area contributed by atoms with Gasteiger partial charge in [-0.15, -0.1) is 0 Å². The highest BCUT2D eigenvalue weighted by molar-refractivity contribution is 7.80. The zero-order chi connectivity index (χ0) is 14.7. The molecule has 0 atom stereocenters. The fraction of sp³-hybridized carbons (Fsp3) is 0.0714. The third kappa shape index (κ3) is 3.27. The Morgan fingerprint density at radius 3 is 2.35 bits per heavy atom. The topological polar surface area (TPSA) is 35.2 Å². The molecule has 2 rings (SSSR count). The number of hydrogen-bond acceptors (Lipinski definition) is 2. The first-order valence-corrected chi connectivity index (χ1v) is 6.04. The lowest BCUT2D eigenvalue weighted by atomic mass is 10.1. The van der Waals surface area contributed by atoms with Crippen LogP contribution in [0.1, 0.15) is 11.1 Å². The van der Waals surface area contributed by atoms with Crippen molar-refractivity contribution in [3.05, 3.63) is 65.0 Å². The van der Waals surface area contributed by atoms with Gasteiger partial charge in [0.1, 0.15) is 23.2 Å². The first kappa shape index (κ1) is 14.3. The van der Waals surface area contributed by atoms with Crippen LogP contribution in [0.15, 0.2) is 36.4 Å². The molecule has 20 heavy (non-hydrogen) atoms. The monoisotopic (exact) mass is 297 g/mol. The van der Waals surface area contributed by atoms with Gasteiger partial charge in [0.15, 0.2) is 11.6 Å². The van der Waals surface area contributed by atoms with Crippen LogP contribution >= 0.6 is 12.2 Å². The molecule has 104 valence electrons. The fourth-order valence-corrected chi connectivity index (χ4v) is 1.84. The number of nitrogens with two attached hydrogens (primary N) is 1. The van der Waals surface area contributed by atoms with E-state index in [1.807, 2.05) is 0 Å². The Bertz CT molecular complexity index is 661. The molecule has 2 aromatic rings. The molecule has 0 unspecified atom stereocenters. The Morgan fingerprint density at radius 2 is 1.70 bits per heavy atom. The lowest BCUT2D eigenvalue weighted by Gasteiger charge is -2.11. The molecular weight excluding hydrogens is 287 g/mol. The first-order chi connectivity index (χ1) is 9.47. The van der Waals surface area contributed by atoms with E-state index in [4.69, 9.17) is 22.7 Å². The van der Waals surface area contributed by atoms with Gasteiger partial charge in [0.25, 0.3) is 0 Å².